The average Bonchev–Trinajstić information content (AvgIpc) is 2.55. The normalized spacial score (nSPS) is 33.9. The summed E-state index contributed by atoms with van der Waals surface area (Å²) >= 11 is 0. The Kier molecular flexibility index (Phi) is 4.11. The first kappa shape index (κ1) is 12.9. The summed E-state index contributed by atoms with van der Waals surface area (Å²) in [5.74, 6) is 0.675. The van der Waals surface area contributed by atoms with Crippen LogP contribution >= 0.6 is 0 Å². The third-order valence-corrected chi connectivity index (χ3v) is 5.14. The van der Waals surface area contributed by atoms with E-state index in [0.717, 1.165) is 44.4 Å². The van der Waals surface area contributed by atoms with Crippen LogP contribution in [0, 0.1) is 17.3 Å². The maximum atomic E-state index is 11.8. The summed E-state index contributed by atoms with van der Waals surface area (Å²) in [6.07, 6.45) is 11.4. The molecule has 0 amide bonds. The van der Waals surface area contributed by atoms with Crippen molar-refractivity contribution in [1.29, 1.82) is 0 Å². The first-order valence-corrected chi connectivity index (χ1v) is 7.38. The maximum absolute atomic E-state index is 11.8. The van der Waals surface area contributed by atoms with Crippen LogP contribution in [-0.2, 0) is 4.79 Å². The third-order valence-electron chi connectivity index (χ3n) is 5.14. The van der Waals surface area contributed by atoms with E-state index in [-0.39, 0.29) is 5.41 Å². The van der Waals surface area contributed by atoms with Crippen molar-refractivity contribution in [3.63, 3.8) is 0 Å². The molecular weight excluding hydrogens is 212 g/mol. The van der Waals surface area contributed by atoms with Gasteiger partial charge in [-0.05, 0) is 37.5 Å². The number of carboxylic acids is 1. The average molecular weight is 238 g/mol. The van der Waals surface area contributed by atoms with Crippen molar-refractivity contribution in [2.24, 2.45) is 17.3 Å². The van der Waals surface area contributed by atoms with E-state index >= 15 is 0 Å². The first-order chi connectivity index (χ1) is 8.15. The van der Waals surface area contributed by atoms with Gasteiger partial charge in [0, 0.05) is 0 Å². The van der Waals surface area contributed by atoms with Crippen LogP contribution in [0.1, 0.15) is 71.1 Å². The van der Waals surface area contributed by atoms with E-state index in [2.05, 4.69) is 6.92 Å². The summed E-state index contributed by atoms with van der Waals surface area (Å²) in [7, 11) is 0. The predicted molar refractivity (Wildman–Crippen MR) is 68.9 cm³/mol. The van der Waals surface area contributed by atoms with Crippen LogP contribution in [0.5, 0.6) is 0 Å². The number of carboxylic acid groups (broad SMARTS) is 1. The molecule has 0 aromatic rings. The Balaban J connectivity index is 2.16. The Morgan fingerprint density at radius 1 is 1.06 bits per heavy atom. The van der Waals surface area contributed by atoms with Gasteiger partial charge in [-0.1, -0.05) is 45.4 Å². The van der Waals surface area contributed by atoms with Gasteiger partial charge in [-0.15, -0.1) is 0 Å². The van der Waals surface area contributed by atoms with Crippen LogP contribution in [0.4, 0.5) is 0 Å². The first-order valence-electron chi connectivity index (χ1n) is 7.38. The zero-order valence-electron chi connectivity index (χ0n) is 11.1. The van der Waals surface area contributed by atoms with Crippen molar-refractivity contribution in [3.05, 3.63) is 0 Å². The van der Waals surface area contributed by atoms with Crippen molar-refractivity contribution >= 4 is 5.97 Å². The fourth-order valence-corrected chi connectivity index (χ4v) is 4.09. The van der Waals surface area contributed by atoms with Crippen LogP contribution in [0.25, 0.3) is 0 Å². The van der Waals surface area contributed by atoms with Gasteiger partial charge in [0.15, 0.2) is 0 Å². The van der Waals surface area contributed by atoms with Gasteiger partial charge in [-0.3, -0.25) is 4.79 Å². The van der Waals surface area contributed by atoms with Gasteiger partial charge in [-0.25, -0.2) is 0 Å². The lowest BCUT2D eigenvalue weighted by Gasteiger charge is -2.40. The smallest absolute Gasteiger partial charge is 0.309 e. The van der Waals surface area contributed by atoms with Gasteiger partial charge < -0.3 is 5.11 Å². The lowest BCUT2D eigenvalue weighted by atomic mass is 9.63. The van der Waals surface area contributed by atoms with E-state index in [9.17, 15) is 9.90 Å². The Bertz CT molecular complexity index is 264. The Morgan fingerprint density at radius 2 is 1.71 bits per heavy atom. The fraction of sp³-hybridized carbons (Fsp3) is 0.933. The molecule has 2 heteroatoms. The minimum atomic E-state index is -0.501. The SMILES string of the molecule is CC1CCCC(C2(C(=O)O)CCCCCC2)C1. The molecule has 0 aliphatic heterocycles. The molecule has 0 radical (unpaired) electrons. The molecule has 2 saturated carbocycles. The number of hydrogen-bond donors (Lipinski definition) is 1. The molecule has 98 valence electrons. The van der Waals surface area contributed by atoms with Gasteiger partial charge >= 0.3 is 5.97 Å². The largest absolute Gasteiger partial charge is 0.481 e. The number of rotatable bonds is 2. The van der Waals surface area contributed by atoms with Crippen molar-refractivity contribution in [2.45, 2.75) is 71.1 Å². The monoisotopic (exact) mass is 238 g/mol. The summed E-state index contributed by atoms with van der Waals surface area (Å²) in [4.78, 5) is 11.8. The molecule has 2 aliphatic rings. The van der Waals surface area contributed by atoms with Crippen molar-refractivity contribution in [3.8, 4) is 0 Å². The Morgan fingerprint density at radius 3 is 2.24 bits per heavy atom. The van der Waals surface area contributed by atoms with Gasteiger partial charge in [0.25, 0.3) is 0 Å². The van der Waals surface area contributed by atoms with Crippen LogP contribution < -0.4 is 0 Å². The highest BCUT2D eigenvalue weighted by molar-refractivity contribution is 5.75. The van der Waals surface area contributed by atoms with E-state index in [4.69, 9.17) is 0 Å². The van der Waals surface area contributed by atoms with E-state index < -0.39 is 5.97 Å². The van der Waals surface area contributed by atoms with Gasteiger partial charge in [0.1, 0.15) is 0 Å². The van der Waals surface area contributed by atoms with Crippen molar-refractivity contribution in [1.82, 2.24) is 0 Å². The standard InChI is InChI=1S/C15H26O2/c1-12-7-6-8-13(11-12)15(14(16)17)9-4-2-3-5-10-15/h12-13H,2-11H2,1H3,(H,16,17). The second-order valence-corrected chi connectivity index (χ2v) is 6.34. The lowest BCUT2D eigenvalue weighted by Crippen LogP contribution is -2.40. The van der Waals surface area contributed by atoms with E-state index in [1.807, 2.05) is 0 Å². The Hall–Kier alpha value is -0.530. The molecule has 0 aromatic heterocycles. The van der Waals surface area contributed by atoms with Crippen molar-refractivity contribution in [2.75, 3.05) is 0 Å². The van der Waals surface area contributed by atoms with Gasteiger partial charge in [0.05, 0.1) is 5.41 Å². The summed E-state index contributed by atoms with van der Waals surface area (Å²) in [6, 6.07) is 0. The summed E-state index contributed by atoms with van der Waals surface area (Å²) in [5.41, 5.74) is -0.370. The summed E-state index contributed by atoms with van der Waals surface area (Å²) in [6.45, 7) is 2.29. The molecule has 17 heavy (non-hydrogen) atoms. The zero-order valence-corrected chi connectivity index (χ0v) is 11.1. The van der Waals surface area contributed by atoms with Gasteiger partial charge in [-0.2, -0.15) is 0 Å². The molecule has 0 saturated heterocycles. The highest BCUT2D eigenvalue weighted by atomic mass is 16.4. The summed E-state index contributed by atoms with van der Waals surface area (Å²) in [5, 5.41) is 9.75. The second-order valence-electron chi connectivity index (χ2n) is 6.34. The number of carbonyl (C=O) groups is 1. The molecule has 0 aromatic carbocycles. The molecule has 2 unspecified atom stereocenters. The highest BCUT2D eigenvalue weighted by Crippen LogP contribution is 2.48. The minimum absolute atomic E-state index is 0.370. The highest BCUT2D eigenvalue weighted by Gasteiger charge is 2.46. The topological polar surface area (TPSA) is 37.3 Å². The van der Waals surface area contributed by atoms with Crippen LogP contribution in [0.3, 0.4) is 0 Å². The molecular formula is C15H26O2. The van der Waals surface area contributed by atoms with E-state index in [1.54, 1.807) is 0 Å². The molecule has 2 nitrogen and oxygen atoms in total. The van der Waals surface area contributed by atoms with Crippen LogP contribution in [0.2, 0.25) is 0 Å². The van der Waals surface area contributed by atoms with Crippen LogP contribution in [-0.4, -0.2) is 11.1 Å². The molecule has 0 heterocycles. The van der Waals surface area contributed by atoms with E-state index in [0.29, 0.717) is 5.92 Å². The van der Waals surface area contributed by atoms with Crippen LogP contribution in [0.15, 0.2) is 0 Å². The zero-order chi connectivity index (χ0) is 12.3. The molecule has 0 spiro atoms. The Labute approximate surface area is 105 Å². The molecule has 1 N–H and O–H groups in total. The van der Waals surface area contributed by atoms with E-state index in [1.165, 1.54) is 25.7 Å². The molecule has 2 fully saturated rings. The van der Waals surface area contributed by atoms with Gasteiger partial charge in [0.2, 0.25) is 0 Å². The second kappa shape index (κ2) is 5.41. The summed E-state index contributed by atoms with van der Waals surface area (Å²) < 4.78 is 0. The predicted octanol–water partition coefficient (Wildman–Crippen LogP) is 4.24. The quantitative estimate of drug-likeness (QED) is 0.731. The third kappa shape index (κ3) is 2.66. The molecule has 2 aliphatic carbocycles. The molecule has 2 rings (SSSR count). The fourth-order valence-electron chi connectivity index (χ4n) is 4.09. The lowest BCUT2D eigenvalue weighted by molar-refractivity contribution is -0.155. The maximum Gasteiger partial charge on any atom is 0.309 e. The number of hydrogen-bond acceptors (Lipinski definition) is 1. The molecule has 2 atom stereocenters. The minimum Gasteiger partial charge on any atom is -0.481 e. The van der Waals surface area contributed by atoms with Crippen molar-refractivity contribution < 1.29 is 9.90 Å². The molecule has 0 bridgehead atoms. The number of aliphatic carboxylic acids is 1.